The Balaban J connectivity index is 1.59. The van der Waals surface area contributed by atoms with E-state index in [9.17, 15) is 9.90 Å². The Morgan fingerprint density at radius 2 is 1.68 bits per heavy atom. The Morgan fingerprint density at radius 1 is 1.16 bits per heavy atom. The molecule has 0 aromatic heterocycles. The lowest BCUT2D eigenvalue weighted by Gasteiger charge is -2.41. The Labute approximate surface area is 149 Å². The molecular weight excluding hydrogens is 321 g/mol. The van der Waals surface area contributed by atoms with Crippen LogP contribution in [0.15, 0.2) is 24.3 Å². The number of ether oxygens (including phenoxy) is 1. The van der Waals surface area contributed by atoms with Crippen molar-refractivity contribution >= 4 is 18.5 Å². The maximum absolute atomic E-state index is 11.6. The summed E-state index contributed by atoms with van der Waals surface area (Å²) in [5, 5.41) is 12.6. The molecule has 3 rings (SSSR count). The SMILES string of the molecule is CNC(=O)C1(O)CC(Oc2ccc(B3OC(C)(C)C(C)(C)O3)cc2)C1. The van der Waals surface area contributed by atoms with Gasteiger partial charge in [0.1, 0.15) is 17.5 Å². The van der Waals surface area contributed by atoms with Crippen LogP contribution >= 0.6 is 0 Å². The van der Waals surface area contributed by atoms with Gasteiger partial charge in [0, 0.05) is 19.9 Å². The molecule has 1 saturated heterocycles. The summed E-state index contributed by atoms with van der Waals surface area (Å²) < 4.78 is 17.9. The van der Waals surface area contributed by atoms with E-state index in [1.54, 1.807) is 0 Å². The Kier molecular flexibility index (Phi) is 4.38. The van der Waals surface area contributed by atoms with Gasteiger partial charge in [0.25, 0.3) is 5.91 Å². The van der Waals surface area contributed by atoms with E-state index >= 15 is 0 Å². The van der Waals surface area contributed by atoms with Gasteiger partial charge in [0.15, 0.2) is 0 Å². The van der Waals surface area contributed by atoms with Crippen molar-refractivity contribution in [3.63, 3.8) is 0 Å². The van der Waals surface area contributed by atoms with Crippen LogP contribution in [0.4, 0.5) is 0 Å². The van der Waals surface area contributed by atoms with Crippen LogP contribution in [0.1, 0.15) is 40.5 Å². The zero-order valence-electron chi connectivity index (χ0n) is 15.5. The first kappa shape index (κ1) is 18.2. The van der Waals surface area contributed by atoms with E-state index in [4.69, 9.17) is 14.0 Å². The lowest BCUT2D eigenvalue weighted by Crippen LogP contribution is -2.58. The minimum Gasteiger partial charge on any atom is -0.490 e. The van der Waals surface area contributed by atoms with Crippen molar-refractivity contribution in [3.05, 3.63) is 24.3 Å². The summed E-state index contributed by atoms with van der Waals surface area (Å²) in [4.78, 5) is 11.6. The number of hydrogen-bond acceptors (Lipinski definition) is 5. The maximum atomic E-state index is 11.6. The van der Waals surface area contributed by atoms with Crippen molar-refractivity contribution in [2.24, 2.45) is 0 Å². The number of rotatable bonds is 4. The molecule has 7 heteroatoms. The first-order chi connectivity index (χ1) is 11.6. The monoisotopic (exact) mass is 347 g/mol. The third-order valence-corrected chi connectivity index (χ3v) is 5.49. The van der Waals surface area contributed by atoms with Crippen LogP contribution in [-0.4, -0.2) is 48.1 Å². The van der Waals surface area contributed by atoms with Crippen LogP contribution in [0, 0.1) is 0 Å². The molecule has 1 amide bonds. The number of likely N-dealkylation sites (N-methyl/N-ethyl adjacent to an activating group) is 1. The van der Waals surface area contributed by atoms with Crippen molar-refractivity contribution in [3.8, 4) is 5.75 Å². The fourth-order valence-corrected chi connectivity index (χ4v) is 3.07. The molecule has 6 nitrogen and oxygen atoms in total. The maximum Gasteiger partial charge on any atom is 0.494 e. The van der Waals surface area contributed by atoms with Gasteiger partial charge in [-0.1, -0.05) is 12.1 Å². The van der Waals surface area contributed by atoms with E-state index in [2.05, 4.69) is 5.32 Å². The highest BCUT2D eigenvalue weighted by molar-refractivity contribution is 6.62. The predicted octanol–water partition coefficient (Wildman–Crippen LogP) is 1.00. The molecule has 0 unspecified atom stereocenters. The second kappa shape index (κ2) is 6.00. The van der Waals surface area contributed by atoms with Crippen LogP contribution in [0.25, 0.3) is 0 Å². The lowest BCUT2D eigenvalue weighted by molar-refractivity contribution is -0.160. The number of benzene rings is 1. The molecule has 1 saturated carbocycles. The minimum atomic E-state index is -1.30. The van der Waals surface area contributed by atoms with E-state index in [0.29, 0.717) is 18.6 Å². The topological polar surface area (TPSA) is 77.0 Å². The molecule has 1 aliphatic carbocycles. The molecule has 1 aromatic rings. The largest absolute Gasteiger partial charge is 0.494 e. The third-order valence-electron chi connectivity index (χ3n) is 5.49. The number of carbonyl (C=O) groups is 1. The number of aliphatic hydroxyl groups is 1. The molecule has 2 fully saturated rings. The Morgan fingerprint density at radius 3 is 2.16 bits per heavy atom. The fraction of sp³-hybridized carbons (Fsp3) is 0.611. The lowest BCUT2D eigenvalue weighted by atomic mass is 9.76. The second-order valence-corrected chi connectivity index (χ2v) is 7.92. The van der Waals surface area contributed by atoms with Crippen LogP contribution in [0.2, 0.25) is 0 Å². The summed E-state index contributed by atoms with van der Waals surface area (Å²) in [5.74, 6) is 0.340. The molecule has 2 N–H and O–H groups in total. The highest BCUT2D eigenvalue weighted by Crippen LogP contribution is 2.37. The second-order valence-electron chi connectivity index (χ2n) is 7.92. The first-order valence-electron chi connectivity index (χ1n) is 8.63. The number of amides is 1. The smallest absolute Gasteiger partial charge is 0.490 e. The average molecular weight is 347 g/mol. The van der Waals surface area contributed by atoms with Crippen molar-refractivity contribution in [2.45, 2.75) is 63.4 Å². The molecule has 0 bridgehead atoms. The van der Waals surface area contributed by atoms with Gasteiger partial charge in [-0.3, -0.25) is 4.79 Å². The van der Waals surface area contributed by atoms with Gasteiger partial charge in [0.05, 0.1) is 11.2 Å². The van der Waals surface area contributed by atoms with Crippen molar-refractivity contribution < 1.29 is 23.9 Å². The minimum absolute atomic E-state index is 0.162. The van der Waals surface area contributed by atoms with Crippen LogP contribution in [0.5, 0.6) is 5.75 Å². The molecule has 136 valence electrons. The van der Waals surface area contributed by atoms with E-state index in [0.717, 1.165) is 5.46 Å². The van der Waals surface area contributed by atoms with Crippen molar-refractivity contribution in [2.75, 3.05) is 7.05 Å². The third kappa shape index (κ3) is 3.28. The molecular formula is C18H26BNO5. The summed E-state index contributed by atoms with van der Waals surface area (Å²) in [5.41, 5.74) is -1.12. The summed E-state index contributed by atoms with van der Waals surface area (Å²) in [7, 11) is 1.12. The summed E-state index contributed by atoms with van der Waals surface area (Å²) in [6.45, 7) is 8.09. The summed E-state index contributed by atoms with van der Waals surface area (Å²) in [6, 6.07) is 7.55. The fourth-order valence-electron chi connectivity index (χ4n) is 3.07. The molecule has 0 atom stereocenters. The van der Waals surface area contributed by atoms with Crippen LogP contribution in [0.3, 0.4) is 0 Å². The Hall–Kier alpha value is -1.57. The molecule has 0 radical (unpaired) electrons. The molecule has 1 aliphatic heterocycles. The number of hydrogen-bond donors (Lipinski definition) is 2. The molecule has 25 heavy (non-hydrogen) atoms. The molecule has 0 spiro atoms. The van der Waals surface area contributed by atoms with Gasteiger partial charge in [-0.05, 0) is 45.3 Å². The van der Waals surface area contributed by atoms with Gasteiger partial charge in [-0.25, -0.2) is 0 Å². The van der Waals surface area contributed by atoms with Crippen LogP contribution < -0.4 is 15.5 Å². The first-order valence-corrected chi connectivity index (χ1v) is 8.63. The summed E-state index contributed by atoms with van der Waals surface area (Å²) >= 11 is 0. The number of carbonyl (C=O) groups excluding carboxylic acids is 1. The molecule has 2 aliphatic rings. The summed E-state index contributed by atoms with van der Waals surface area (Å²) in [6.07, 6.45) is 0.433. The number of nitrogens with one attached hydrogen (secondary N) is 1. The predicted molar refractivity (Wildman–Crippen MR) is 94.8 cm³/mol. The highest BCUT2D eigenvalue weighted by Gasteiger charge is 2.52. The zero-order valence-corrected chi connectivity index (χ0v) is 15.5. The standard InChI is InChI=1S/C18H26BNO5/c1-16(2)17(3,4)25-19(24-16)12-6-8-13(9-7-12)23-14-10-18(22,11-14)15(21)20-5/h6-9,14,22H,10-11H2,1-5H3,(H,20,21). The van der Waals surface area contributed by atoms with Gasteiger partial charge >= 0.3 is 7.12 Å². The van der Waals surface area contributed by atoms with E-state index < -0.39 is 12.7 Å². The van der Waals surface area contributed by atoms with Gasteiger partial charge < -0.3 is 24.5 Å². The van der Waals surface area contributed by atoms with E-state index in [-0.39, 0.29) is 23.2 Å². The van der Waals surface area contributed by atoms with Gasteiger partial charge in [0.2, 0.25) is 0 Å². The zero-order chi connectivity index (χ0) is 18.5. The van der Waals surface area contributed by atoms with E-state index in [1.807, 2.05) is 52.0 Å². The normalized spacial score (nSPS) is 29.8. The van der Waals surface area contributed by atoms with Crippen molar-refractivity contribution in [1.29, 1.82) is 0 Å². The Bertz CT molecular complexity index is 636. The van der Waals surface area contributed by atoms with Gasteiger partial charge in [-0.15, -0.1) is 0 Å². The quantitative estimate of drug-likeness (QED) is 0.795. The van der Waals surface area contributed by atoms with E-state index in [1.165, 1.54) is 7.05 Å². The molecule has 1 heterocycles. The highest BCUT2D eigenvalue weighted by atomic mass is 16.7. The van der Waals surface area contributed by atoms with Gasteiger partial charge in [-0.2, -0.15) is 0 Å². The molecule has 1 aromatic carbocycles. The van der Waals surface area contributed by atoms with Crippen molar-refractivity contribution in [1.82, 2.24) is 5.32 Å². The van der Waals surface area contributed by atoms with Crippen LogP contribution in [-0.2, 0) is 14.1 Å². The average Bonchev–Trinajstić information content (AvgIpc) is 2.73.